The number of alkyl halides is 2. The van der Waals surface area contributed by atoms with Gasteiger partial charge < -0.3 is 24.9 Å². The number of amides is 2. The SMILES string of the molecule is CCn1cc(-c2cc(C(F)F)nc3sc(C(N)=O)c(NC(=O)c4ccc(COc5cccc(OC)c5)o4)c23)c(C)n1. The fourth-order valence-corrected chi connectivity index (χ4v) is 5.29. The number of rotatable bonds is 10. The minimum absolute atomic E-state index is 0.0396. The molecule has 0 unspecified atom stereocenters. The van der Waals surface area contributed by atoms with Crippen molar-refractivity contribution < 1.29 is 32.3 Å². The number of carbonyl (C=O) groups excluding carboxylic acids is 2. The minimum Gasteiger partial charge on any atom is -0.497 e. The number of ether oxygens (including phenoxy) is 2. The predicted molar refractivity (Wildman–Crippen MR) is 149 cm³/mol. The van der Waals surface area contributed by atoms with E-state index < -0.39 is 23.9 Å². The van der Waals surface area contributed by atoms with E-state index >= 15 is 0 Å². The molecule has 5 rings (SSSR count). The van der Waals surface area contributed by atoms with Gasteiger partial charge in [0, 0.05) is 29.8 Å². The van der Waals surface area contributed by atoms with Gasteiger partial charge >= 0.3 is 0 Å². The first-order valence-electron chi connectivity index (χ1n) is 12.4. The van der Waals surface area contributed by atoms with Gasteiger partial charge in [0.15, 0.2) is 5.76 Å². The number of hydrogen-bond donors (Lipinski definition) is 2. The third kappa shape index (κ3) is 5.61. The lowest BCUT2D eigenvalue weighted by Crippen LogP contribution is -2.16. The molecule has 4 aromatic heterocycles. The Morgan fingerprint density at radius 2 is 1.95 bits per heavy atom. The molecule has 0 aliphatic carbocycles. The molecule has 2 amide bonds. The Balaban J connectivity index is 1.50. The highest BCUT2D eigenvalue weighted by molar-refractivity contribution is 7.21. The Morgan fingerprint density at radius 1 is 1.17 bits per heavy atom. The summed E-state index contributed by atoms with van der Waals surface area (Å²) in [5.41, 5.74) is 6.69. The van der Waals surface area contributed by atoms with Crippen molar-refractivity contribution in [3.63, 3.8) is 0 Å². The average Bonchev–Trinajstić information content (AvgIpc) is 3.68. The van der Waals surface area contributed by atoms with Crippen LogP contribution in [0.4, 0.5) is 14.5 Å². The molecule has 4 heterocycles. The van der Waals surface area contributed by atoms with Gasteiger partial charge in [-0.1, -0.05) is 6.07 Å². The number of nitrogens with zero attached hydrogens (tertiary/aromatic N) is 3. The first-order valence-corrected chi connectivity index (χ1v) is 13.3. The molecule has 1 aromatic carbocycles. The van der Waals surface area contributed by atoms with Gasteiger partial charge in [-0.3, -0.25) is 14.3 Å². The summed E-state index contributed by atoms with van der Waals surface area (Å²) in [4.78, 5) is 29.8. The predicted octanol–water partition coefficient (Wildman–Crippen LogP) is 5.96. The number of aryl methyl sites for hydroxylation is 2. The zero-order valence-electron chi connectivity index (χ0n) is 22.2. The number of halogens is 2. The number of benzene rings is 1. The van der Waals surface area contributed by atoms with Crippen LogP contribution in [0.2, 0.25) is 0 Å². The number of carbonyl (C=O) groups is 2. The second-order valence-electron chi connectivity index (χ2n) is 8.92. The maximum atomic E-state index is 13.8. The molecule has 0 aliphatic rings. The largest absolute Gasteiger partial charge is 0.497 e. The number of thiophene rings is 1. The van der Waals surface area contributed by atoms with Gasteiger partial charge in [0.05, 0.1) is 18.5 Å². The van der Waals surface area contributed by atoms with Crippen molar-refractivity contribution in [3.8, 4) is 22.6 Å². The number of furan rings is 1. The number of fused-ring (bicyclic) bond motifs is 1. The second-order valence-corrected chi connectivity index (χ2v) is 9.92. The van der Waals surface area contributed by atoms with Crippen LogP contribution < -0.4 is 20.5 Å². The van der Waals surface area contributed by atoms with Crippen LogP contribution in [0.3, 0.4) is 0 Å². The molecular weight excluding hydrogens is 556 g/mol. The lowest BCUT2D eigenvalue weighted by atomic mass is 10.0. The third-order valence-electron chi connectivity index (χ3n) is 6.24. The maximum Gasteiger partial charge on any atom is 0.291 e. The van der Waals surface area contributed by atoms with E-state index in [0.717, 1.165) is 11.3 Å². The van der Waals surface area contributed by atoms with Gasteiger partial charge in [-0.15, -0.1) is 11.3 Å². The first-order chi connectivity index (χ1) is 19.7. The highest BCUT2D eigenvalue weighted by atomic mass is 32.1. The van der Waals surface area contributed by atoms with Gasteiger partial charge in [0.2, 0.25) is 0 Å². The summed E-state index contributed by atoms with van der Waals surface area (Å²) < 4.78 is 45.8. The Kier molecular flexibility index (Phi) is 7.70. The monoisotopic (exact) mass is 581 g/mol. The summed E-state index contributed by atoms with van der Waals surface area (Å²) in [6.07, 6.45) is -1.15. The van der Waals surface area contributed by atoms with Crippen molar-refractivity contribution in [1.82, 2.24) is 14.8 Å². The second kappa shape index (κ2) is 11.4. The number of pyridine rings is 1. The quantitative estimate of drug-likeness (QED) is 0.208. The summed E-state index contributed by atoms with van der Waals surface area (Å²) in [5, 5.41) is 7.41. The van der Waals surface area contributed by atoms with Crippen LogP contribution in [0.1, 0.15) is 50.7 Å². The van der Waals surface area contributed by atoms with Crippen molar-refractivity contribution in [1.29, 1.82) is 0 Å². The van der Waals surface area contributed by atoms with E-state index in [9.17, 15) is 18.4 Å². The Hall–Kier alpha value is -4.78. The number of nitrogens with two attached hydrogens (primary N) is 1. The van der Waals surface area contributed by atoms with Crippen molar-refractivity contribution in [3.05, 3.63) is 76.4 Å². The molecule has 41 heavy (non-hydrogen) atoms. The van der Waals surface area contributed by atoms with Gasteiger partial charge in [-0.25, -0.2) is 13.8 Å². The van der Waals surface area contributed by atoms with E-state index in [4.69, 9.17) is 19.6 Å². The Morgan fingerprint density at radius 3 is 2.63 bits per heavy atom. The fraction of sp³-hybridized carbons (Fsp3) is 0.214. The van der Waals surface area contributed by atoms with Gasteiger partial charge in [-0.05, 0) is 49.7 Å². The molecule has 0 radical (unpaired) electrons. The number of hydrogen-bond acceptors (Lipinski definition) is 8. The minimum atomic E-state index is -2.86. The first kappa shape index (κ1) is 27.8. The maximum absolute atomic E-state index is 13.8. The molecule has 0 saturated heterocycles. The lowest BCUT2D eigenvalue weighted by Gasteiger charge is -2.10. The number of aromatic nitrogens is 3. The summed E-state index contributed by atoms with van der Waals surface area (Å²) in [6, 6.07) is 11.3. The molecule has 0 atom stereocenters. The van der Waals surface area contributed by atoms with E-state index in [2.05, 4.69) is 15.4 Å². The molecule has 0 fully saturated rings. The smallest absolute Gasteiger partial charge is 0.291 e. The number of nitrogens with one attached hydrogen (secondary N) is 1. The molecule has 3 N–H and O–H groups in total. The fourth-order valence-electron chi connectivity index (χ4n) is 4.28. The normalized spacial score (nSPS) is 11.3. The summed E-state index contributed by atoms with van der Waals surface area (Å²) in [5.74, 6) is -0.0349. The molecule has 10 nitrogen and oxygen atoms in total. The van der Waals surface area contributed by atoms with E-state index in [0.29, 0.717) is 46.0 Å². The molecule has 0 aliphatic heterocycles. The number of anilines is 1. The molecule has 13 heteroatoms. The zero-order chi connectivity index (χ0) is 29.3. The average molecular weight is 582 g/mol. The van der Waals surface area contributed by atoms with Gasteiger partial charge in [0.1, 0.15) is 39.3 Å². The van der Waals surface area contributed by atoms with Gasteiger partial charge in [0.25, 0.3) is 18.2 Å². The van der Waals surface area contributed by atoms with Crippen molar-refractivity contribution >= 4 is 39.1 Å². The standard InChI is InChI=1S/C28H25F2N5O5S/c1-4-35-12-19(14(2)34-35)18-11-20(25(29)30)32-28-22(18)23(24(41-28)26(31)36)33-27(37)21-9-8-17(40-21)13-39-16-7-5-6-15(10-16)38-3/h5-12,25H,4,13H2,1-3H3,(H2,31,36)(H,33,37). The number of methoxy groups -OCH3 is 1. The highest BCUT2D eigenvalue weighted by Gasteiger charge is 2.27. The molecule has 0 saturated carbocycles. The van der Waals surface area contributed by atoms with Crippen molar-refractivity contribution in [2.75, 3.05) is 12.4 Å². The van der Waals surface area contributed by atoms with Crippen LogP contribution in [-0.2, 0) is 13.2 Å². The van der Waals surface area contributed by atoms with Crippen LogP contribution in [0, 0.1) is 6.92 Å². The zero-order valence-corrected chi connectivity index (χ0v) is 23.1. The van der Waals surface area contributed by atoms with E-state index in [1.54, 1.807) is 55.2 Å². The Bertz CT molecular complexity index is 1760. The van der Waals surface area contributed by atoms with Crippen LogP contribution in [0.15, 0.2) is 53.1 Å². The summed E-state index contributed by atoms with van der Waals surface area (Å²) >= 11 is 0.820. The number of primary amides is 1. The van der Waals surface area contributed by atoms with E-state index in [1.807, 2.05) is 6.92 Å². The van der Waals surface area contributed by atoms with Crippen LogP contribution in [0.25, 0.3) is 21.3 Å². The van der Waals surface area contributed by atoms with Gasteiger partial charge in [-0.2, -0.15) is 5.10 Å². The van der Waals surface area contributed by atoms with Crippen LogP contribution in [0.5, 0.6) is 11.5 Å². The molecular formula is C28H25F2N5O5S. The molecule has 0 spiro atoms. The van der Waals surface area contributed by atoms with Crippen molar-refractivity contribution in [2.24, 2.45) is 5.73 Å². The summed E-state index contributed by atoms with van der Waals surface area (Å²) in [6.45, 7) is 4.23. The van der Waals surface area contributed by atoms with Crippen LogP contribution >= 0.6 is 11.3 Å². The molecule has 5 aromatic rings. The summed E-state index contributed by atoms with van der Waals surface area (Å²) in [7, 11) is 1.55. The van der Waals surface area contributed by atoms with Crippen molar-refractivity contribution in [2.45, 2.75) is 33.4 Å². The third-order valence-corrected chi connectivity index (χ3v) is 7.33. The highest BCUT2D eigenvalue weighted by Crippen LogP contribution is 2.43. The molecule has 0 bridgehead atoms. The van der Waals surface area contributed by atoms with E-state index in [1.165, 1.54) is 12.1 Å². The molecule has 212 valence electrons. The topological polar surface area (TPSA) is 134 Å². The van der Waals surface area contributed by atoms with E-state index in [-0.39, 0.29) is 27.8 Å². The Labute approximate surface area is 236 Å². The van der Waals surface area contributed by atoms with Crippen LogP contribution in [-0.4, -0.2) is 33.7 Å². The lowest BCUT2D eigenvalue weighted by molar-refractivity contribution is 0.0992.